The van der Waals surface area contributed by atoms with Gasteiger partial charge in [-0.3, -0.25) is 4.98 Å². The Morgan fingerprint density at radius 3 is 2.94 bits per heavy atom. The van der Waals surface area contributed by atoms with Gasteiger partial charge in [-0.1, -0.05) is 0 Å². The number of carbonyl (C=O) groups excluding carboxylic acids is 1. The molecule has 94 valence electrons. The average Bonchev–Trinajstić information content (AvgIpc) is 2.84. The fourth-order valence-corrected chi connectivity index (χ4v) is 1.47. The molecule has 0 aliphatic rings. The number of rotatable bonds is 4. The van der Waals surface area contributed by atoms with E-state index in [0.29, 0.717) is 12.4 Å². The van der Waals surface area contributed by atoms with Crippen LogP contribution in [0.4, 0.5) is 0 Å². The number of pyridine rings is 1. The average molecular weight is 247 g/mol. The van der Waals surface area contributed by atoms with Crippen molar-refractivity contribution in [2.45, 2.75) is 6.92 Å². The van der Waals surface area contributed by atoms with Gasteiger partial charge >= 0.3 is 5.97 Å². The van der Waals surface area contributed by atoms with Crippen LogP contribution in [0.3, 0.4) is 0 Å². The van der Waals surface area contributed by atoms with Gasteiger partial charge in [0.2, 0.25) is 5.69 Å². The molecule has 2 aromatic rings. The predicted molar refractivity (Wildman–Crippen MR) is 63.9 cm³/mol. The third kappa shape index (κ3) is 2.32. The van der Waals surface area contributed by atoms with Crippen LogP contribution in [0.1, 0.15) is 17.4 Å². The number of carbonyl (C=O) groups is 1. The topological polar surface area (TPSA) is 66.2 Å². The maximum absolute atomic E-state index is 11.7. The maximum Gasteiger partial charge on any atom is 0.362 e. The zero-order valence-corrected chi connectivity index (χ0v) is 10.2. The van der Waals surface area contributed by atoms with Gasteiger partial charge in [-0.2, -0.15) is 5.10 Å². The van der Waals surface area contributed by atoms with Crippen LogP contribution >= 0.6 is 0 Å². The molecule has 6 nitrogen and oxygen atoms in total. The Morgan fingerprint density at radius 1 is 1.50 bits per heavy atom. The second-order valence-corrected chi connectivity index (χ2v) is 3.42. The van der Waals surface area contributed by atoms with E-state index >= 15 is 0 Å². The minimum Gasteiger partial charge on any atom is -0.493 e. The molecule has 0 spiro atoms. The first-order valence-electron chi connectivity index (χ1n) is 5.47. The summed E-state index contributed by atoms with van der Waals surface area (Å²) in [6, 6.07) is 3.61. The van der Waals surface area contributed by atoms with Crippen LogP contribution in [-0.4, -0.2) is 34.5 Å². The quantitative estimate of drug-likeness (QED) is 0.765. The standard InChI is InChI=1S/C12H13N3O3/c1-3-18-12(16)11-10(17-2)8-15(14-11)9-5-4-6-13-7-9/h4-8H,3H2,1-2H3. The van der Waals surface area contributed by atoms with Gasteiger partial charge in [0.15, 0.2) is 5.75 Å². The summed E-state index contributed by atoms with van der Waals surface area (Å²) in [7, 11) is 1.48. The van der Waals surface area contributed by atoms with E-state index in [1.165, 1.54) is 11.8 Å². The molecule has 0 fully saturated rings. The van der Waals surface area contributed by atoms with E-state index in [9.17, 15) is 4.79 Å². The largest absolute Gasteiger partial charge is 0.493 e. The van der Waals surface area contributed by atoms with Gasteiger partial charge in [-0.25, -0.2) is 9.48 Å². The molecule has 18 heavy (non-hydrogen) atoms. The molecular weight excluding hydrogens is 234 g/mol. The van der Waals surface area contributed by atoms with Crippen molar-refractivity contribution in [2.24, 2.45) is 0 Å². The van der Waals surface area contributed by atoms with Gasteiger partial charge in [0, 0.05) is 6.20 Å². The van der Waals surface area contributed by atoms with Crippen LogP contribution in [0.5, 0.6) is 5.75 Å². The maximum atomic E-state index is 11.7. The smallest absolute Gasteiger partial charge is 0.362 e. The van der Waals surface area contributed by atoms with Gasteiger partial charge in [0.1, 0.15) is 0 Å². The van der Waals surface area contributed by atoms with Crippen molar-refractivity contribution >= 4 is 5.97 Å². The summed E-state index contributed by atoms with van der Waals surface area (Å²) >= 11 is 0. The monoisotopic (exact) mass is 247 g/mol. The van der Waals surface area contributed by atoms with Crippen LogP contribution < -0.4 is 4.74 Å². The number of esters is 1. The van der Waals surface area contributed by atoms with Gasteiger partial charge in [-0.15, -0.1) is 0 Å². The first-order valence-corrected chi connectivity index (χ1v) is 5.47. The molecule has 0 N–H and O–H groups in total. The van der Waals surface area contributed by atoms with E-state index in [0.717, 1.165) is 5.69 Å². The minimum absolute atomic E-state index is 0.156. The summed E-state index contributed by atoms with van der Waals surface area (Å²) in [4.78, 5) is 15.7. The van der Waals surface area contributed by atoms with Crippen LogP contribution in [-0.2, 0) is 4.74 Å². The summed E-state index contributed by atoms with van der Waals surface area (Å²) in [6.07, 6.45) is 4.92. The lowest BCUT2D eigenvalue weighted by Gasteiger charge is -2.00. The molecule has 0 unspecified atom stereocenters. The fraction of sp³-hybridized carbons (Fsp3) is 0.250. The van der Waals surface area contributed by atoms with Crippen molar-refractivity contribution in [2.75, 3.05) is 13.7 Å². The van der Waals surface area contributed by atoms with E-state index in [2.05, 4.69) is 10.1 Å². The first kappa shape index (κ1) is 12.1. The predicted octanol–water partition coefficient (Wildman–Crippen LogP) is 1.45. The Morgan fingerprint density at radius 2 is 2.33 bits per heavy atom. The minimum atomic E-state index is -0.503. The Kier molecular flexibility index (Phi) is 3.57. The molecule has 0 bridgehead atoms. The summed E-state index contributed by atoms with van der Waals surface area (Å²) in [6.45, 7) is 2.03. The Hall–Kier alpha value is -2.37. The highest BCUT2D eigenvalue weighted by Gasteiger charge is 2.19. The van der Waals surface area contributed by atoms with Crippen molar-refractivity contribution in [1.29, 1.82) is 0 Å². The highest BCUT2D eigenvalue weighted by Crippen LogP contribution is 2.19. The molecule has 0 radical (unpaired) electrons. The molecule has 0 aromatic carbocycles. The van der Waals surface area contributed by atoms with Crippen LogP contribution in [0, 0.1) is 0 Å². The highest BCUT2D eigenvalue weighted by atomic mass is 16.5. The molecule has 0 amide bonds. The second-order valence-electron chi connectivity index (χ2n) is 3.42. The van der Waals surface area contributed by atoms with Crippen molar-refractivity contribution in [3.05, 3.63) is 36.4 Å². The lowest BCUT2D eigenvalue weighted by Crippen LogP contribution is -2.07. The van der Waals surface area contributed by atoms with Crippen LogP contribution in [0.25, 0.3) is 5.69 Å². The van der Waals surface area contributed by atoms with E-state index < -0.39 is 5.97 Å². The molecule has 0 aliphatic heterocycles. The van der Waals surface area contributed by atoms with Crippen LogP contribution in [0.15, 0.2) is 30.7 Å². The van der Waals surface area contributed by atoms with E-state index in [1.807, 2.05) is 6.07 Å². The molecule has 0 saturated carbocycles. The number of methoxy groups -OCH3 is 1. The number of nitrogens with zero attached hydrogens (tertiary/aromatic N) is 3. The van der Waals surface area contributed by atoms with Crippen LogP contribution in [0.2, 0.25) is 0 Å². The number of ether oxygens (including phenoxy) is 2. The zero-order valence-electron chi connectivity index (χ0n) is 10.2. The van der Waals surface area contributed by atoms with Crippen molar-refractivity contribution in [3.8, 4) is 11.4 Å². The van der Waals surface area contributed by atoms with Gasteiger partial charge < -0.3 is 9.47 Å². The Balaban J connectivity index is 2.38. The summed E-state index contributed by atoms with van der Waals surface area (Å²) in [5, 5.41) is 4.15. The molecule has 0 aliphatic carbocycles. The lowest BCUT2D eigenvalue weighted by atomic mass is 10.4. The summed E-state index contributed by atoms with van der Waals surface area (Å²) in [5.74, 6) is -0.130. The molecular formula is C12H13N3O3. The lowest BCUT2D eigenvalue weighted by molar-refractivity contribution is 0.0515. The zero-order chi connectivity index (χ0) is 13.0. The van der Waals surface area contributed by atoms with Gasteiger partial charge in [0.05, 0.1) is 31.8 Å². The fourth-order valence-electron chi connectivity index (χ4n) is 1.47. The van der Waals surface area contributed by atoms with Crippen molar-refractivity contribution in [1.82, 2.24) is 14.8 Å². The molecule has 0 atom stereocenters. The van der Waals surface area contributed by atoms with Gasteiger partial charge in [0.25, 0.3) is 0 Å². The van der Waals surface area contributed by atoms with Crippen molar-refractivity contribution in [3.63, 3.8) is 0 Å². The third-order valence-electron chi connectivity index (χ3n) is 2.28. The molecule has 6 heteroatoms. The highest BCUT2D eigenvalue weighted by molar-refractivity contribution is 5.90. The van der Waals surface area contributed by atoms with Gasteiger partial charge in [-0.05, 0) is 19.1 Å². The molecule has 2 rings (SSSR count). The summed E-state index contributed by atoms with van der Waals surface area (Å²) in [5.41, 5.74) is 0.898. The van der Waals surface area contributed by atoms with E-state index in [4.69, 9.17) is 9.47 Å². The SMILES string of the molecule is CCOC(=O)c1nn(-c2cccnc2)cc1OC. The molecule has 0 saturated heterocycles. The number of hydrogen-bond donors (Lipinski definition) is 0. The summed E-state index contributed by atoms with van der Waals surface area (Å²) < 4.78 is 11.5. The number of hydrogen-bond acceptors (Lipinski definition) is 5. The number of aromatic nitrogens is 3. The second kappa shape index (κ2) is 5.31. The normalized spacial score (nSPS) is 10.1. The van der Waals surface area contributed by atoms with E-state index in [-0.39, 0.29) is 5.69 Å². The first-order chi connectivity index (χ1) is 8.76. The Bertz CT molecular complexity index is 537. The molecule has 2 heterocycles. The molecule has 2 aromatic heterocycles. The Labute approximate surface area is 104 Å². The van der Waals surface area contributed by atoms with E-state index in [1.54, 1.807) is 31.6 Å². The third-order valence-corrected chi connectivity index (χ3v) is 2.28. The van der Waals surface area contributed by atoms with Crippen molar-refractivity contribution < 1.29 is 14.3 Å².